The van der Waals surface area contributed by atoms with Gasteiger partial charge in [0.1, 0.15) is 5.69 Å². The lowest BCUT2D eigenvalue weighted by Gasteiger charge is -2.21. The number of nitro groups is 1. The van der Waals surface area contributed by atoms with E-state index in [1.165, 1.54) is 12.1 Å². The van der Waals surface area contributed by atoms with Crippen molar-refractivity contribution in [2.45, 2.75) is 20.3 Å². The Bertz CT molecular complexity index is 639. The van der Waals surface area contributed by atoms with E-state index in [1.807, 2.05) is 0 Å². The van der Waals surface area contributed by atoms with Crippen LogP contribution in [-0.4, -0.2) is 23.3 Å². The molecule has 0 fully saturated rings. The number of carbonyl (C=O) groups is 2. The number of nitro benzene ring substituents is 1. The van der Waals surface area contributed by atoms with Crippen LogP contribution in [0.1, 0.15) is 19.4 Å². The summed E-state index contributed by atoms with van der Waals surface area (Å²) in [5, 5.41) is 16.6. The molecule has 2 amide bonds. The van der Waals surface area contributed by atoms with Crippen LogP contribution in [-0.2, 0) is 16.0 Å². The number of carbonyl (C=O) groups excluding carboxylic acids is 2. The molecule has 0 saturated heterocycles. The Morgan fingerprint density at radius 3 is 2.76 bits per heavy atom. The Balaban J connectivity index is 2.31. The zero-order valence-electron chi connectivity index (χ0n) is 11.7. The molecule has 2 rings (SSSR count). The number of hydrogen-bond donors (Lipinski definition) is 3. The summed E-state index contributed by atoms with van der Waals surface area (Å²) in [5.74, 6) is -0.707. The first kappa shape index (κ1) is 14.8. The van der Waals surface area contributed by atoms with Crippen LogP contribution >= 0.6 is 0 Å². The number of nitrogens with zero attached hydrogens (tertiary/aromatic N) is 1. The van der Waals surface area contributed by atoms with Gasteiger partial charge in [0.25, 0.3) is 5.69 Å². The Kier molecular flexibility index (Phi) is 3.54. The third-order valence-electron chi connectivity index (χ3n) is 3.43. The van der Waals surface area contributed by atoms with E-state index in [2.05, 4.69) is 10.6 Å². The van der Waals surface area contributed by atoms with Gasteiger partial charge in [0.05, 0.1) is 16.8 Å². The molecule has 0 unspecified atom stereocenters. The lowest BCUT2D eigenvalue weighted by molar-refractivity contribution is -0.384. The van der Waals surface area contributed by atoms with Gasteiger partial charge in [0.15, 0.2) is 0 Å². The van der Waals surface area contributed by atoms with Crippen LogP contribution in [0.2, 0.25) is 0 Å². The fourth-order valence-electron chi connectivity index (χ4n) is 1.96. The van der Waals surface area contributed by atoms with Gasteiger partial charge in [-0.15, -0.1) is 0 Å². The number of hydrogen-bond acceptors (Lipinski definition) is 5. The first-order chi connectivity index (χ1) is 9.70. The molecule has 0 spiro atoms. The second-order valence-electron chi connectivity index (χ2n) is 5.61. The topological polar surface area (TPSA) is 127 Å². The fraction of sp³-hybridized carbons (Fsp3) is 0.385. The molecule has 0 aliphatic carbocycles. The van der Waals surface area contributed by atoms with Crippen molar-refractivity contribution in [3.8, 4) is 0 Å². The summed E-state index contributed by atoms with van der Waals surface area (Å²) in [4.78, 5) is 33.2. The minimum absolute atomic E-state index is 0.128. The molecule has 1 aromatic rings. The van der Waals surface area contributed by atoms with Gasteiger partial charge in [-0.05, 0) is 25.5 Å². The quantitative estimate of drug-likeness (QED) is 0.551. The van der Waals surface area contributed by atoms with E-state index in [4.69, 9.17) is 5.73 Å². The Labute approximate surface area is 120 Å². The molecular weight excluding hydrogens is 276 g/mol. The van der Waals surface area contributed by atoms with Gasteiger partial charge in [0, 0.05) is 18.3 Å². The predicted molar refractivity (Wildman–Crippen MR) is 76.9 cm³/mol. The molecule has 0 aromatic heterocycles. The standard InChI is InChI=1S/C13H16N4O4/c1-13(2,12(14)19)6-15-9-5-8-7(4-11(18)16-8)3-10(9)17(20)21/h3,5,15H,4,6H2,1-2H3,(H2,14,19)(H,16,18). The molecule has 112 valence electrons. The van der Waals surface area contributed by atoms with E-state index in [-0.39, 0.29) is 30.2 Å². The van der Waals surface area contributed by atoms with Gasteiger partial charge >= 0.3 is 0 Å². The number of amides is 2. The largest absolute Gasteiger partial charge is 0.378 e. The molecular formula is C13H16N4O4. The van der Waals surface area contributed by atoms with Crippen molar-refractivity contribution in [1.29, 1.82) is 0 Å². The molecule has 1 aliphatic heterocycles. The first-order valence-corrected chi connectivity index (χ1v) is 6.35. The zero-order valence-corrected chi connectivity index (χ0v) is 11.7. The zero-order chi connectivity index (χ0) is 15.8. The van der Waals surface area contributed by atoms with Crippen LogP contribution in [0.15, 0.2) is 12.1 Å². The summed E-state index contributed by atoms with van der Waals surface area (Å²) in [6.07, 6.45) is 0.128. The summed E-state index contributed by atoms with van der Waals surface area (Å²) in [6, 6.07) is 2.88. The molecule has 0 atom stereocenters. The summed E-state index contributed by atoms with van der Waals surface area (Å²) in [6.45, 7) is 3.43. The Morgan fingerprint density at radius 1 is 1.52 bits per heavy atom. The van der Waals surface area contributed by atoms with Crippen LogP contribution in [0.25, 0.3) is 0 Å². The highest BCUT2D eigenvalue weighted by Gasteiger charge is 2.28. The average molecular weight is 292 g/mol. The number of anilines is 2. The monoisotopic (exact) mass is 292 g/mol. The van der Waals surface area contributed by atoms with Crippen LogP contribution in [0.3, 0.4) is 0 Å². The molecule has 0 bridgehead atoms. The maximum atomic E-state index is 11.3. The molecule has 0 radical (unpaired) electrons. The number of nitrogens with two attached hydrogens (primary N) is 1. The van der Waals surface area contributed by atoms with E-state index in [9.17, 15) is 19.7 Å². The molecule has 21 heavy (non-hydrogen) atoms. The van der Waals surface area contributed by atoms with E-state index in [0.29, 0.717) is 11.3 Å². The van der Waals surface area contributed by atoms with E-state index < -0.39 is 16.2 Å². The highest BCUT2D eigenvalue weighted by atomic mass is 16.6. The van der Waals surface area contributed by atoms with Gasteiger partial charge < -0.3 is 16.4 Å². The molecule has 1 aliphatic rings. The number of fused-ring (bicyclic) bond motifs is 1. The van der Waals surface area contributed by atoms with Gasteiger partial charge in [-0.1, -0.05) is 0 Å². The van der Waals surface area contributed by atoms with E-state index in [1.54, 1.807) is 13.8 Å². The smallest absolute Gasteiger partial charge is 0.292 e. The minimum atomic E-state index is -0.851. The van der Waals surface area contributed by atoms with Gasteiger partial charge in [0.2, 0.25) is 11.8 Å². The summed E-state index contributed by atoms with van der Waals surface area (Å²) in [5.41, 5.74) is 5.67. The predicted octanol–water partition coefficient (Wildman–Crippen LogP) is 1.01. The van der Waals surface area contributed by atoms with Crippen LogP contribution in [0, 0.1) is 15.5 Å². The van der Waals surface area contributed by atoms with Crippen molar-refractivity contribution >= 4 is 28.9 Å². The maximum Gasteiger partial charge on any atom is 0.292 e. The lowest BCUT2D eigenvalue weighted by Crippen LogP contribution is -2.37. The molecule has 4 N–H and O–H groups in total. The van der Waals surface area contributed by atoms with Crippen molar-refractivity contribution < 1.29 is 14.5 Å². The van der Waals surface area contributed by atoms with E-state index >= 15 is 0 Å². The highest BCUT2D eigenvalue weighted by molar-refractivity contribution is 6.00. The van der Waals surface area contributed by atoms with Crippen molar-refractivity contribution in [3.63, 3.8) is 0 Å². The van der Waals surface area contributed by atoms with Gasteiger partial charge in [-0.2, -0.15) is 0 Å². The third kappa shape index (κ3) is 2.93. The number of nitrogens with one attached hydrogen (secondary N) is 2. The molecule has 8 nitrogen and oxygen atoms in total. The summed E-state index contributed by atoms with van der Waals surface area (Å²) >= 11 is 0. The number of rotatable bonds is 5. The van der Waals surface area contributed by atoms with Crippen molar-refractivity contribution in [1.82, 2.24) is 0 Å². The van der Waals surface area contributed by atoms with Crippen LogP contribution in [0.5, 0.6) is 0 Å². The van der Waals surface area contributed by atoms with Crippen molar-refractivity contribution in [3.05, 3.63) is 27.8 Å². The SMILES string of the molecule is CC(C)(CNc1cc2c(cc1[N+](=O)[O-])CC(=O)N2)C(N)=O. The van der Waals surface area contributed by atoms with Crippen LogP contribution < -0.4 is 16.4 Å². The van der Waals surface area contributed by atoms with Crippen molar-refractivity contribution in [2.75, 3.05) is 17.2 Å². The third-order valence-corrected chi connectivity index (χ3v) is 3.43. The minimum Gasteiger partial charge on any atom is -0.378 e. The molecule has 0 saturated carbocycles. The number of primary amides is 1. The summed E-state index contributed by atoms with van der Waals surface area (Å²) in [7, 11) is 0. The Hall–Kier alpha value is -2.64. The van der Waals surface area contributed by atoms with Crippen molar-refractivity contribution in [2.24, 2.45) is 11.1 Å². The summed E-state index contributed by atoms with van der Waals surface area (Å²) < 4.78 is 0. The maximum absolute atomic E-state index is 11.3. The number of benzene rings is 1. The second-order valence-corrected chi connectivity index (χ2v) is 5.61. The fourth-order valence-corrected chi connectivity index (χ4v) is 1.96. The second kappa shape index (κ2) is 5.04. The Morgan fingerprint density at radius 2 is 2.19 bits per heavy atom. The molecule has 1 aromatic carbocycles. The molecule has 8 heteroatoms. The first-order valence-electron chi connectivity index (χ1n) is 6.35. The molecule has 1 heterocycles. The van der Waals surface area contributed by atoms with Gasteiger partial charge in [-0.3, -0.25) is 19.7 Å². The van der Waals surface area contributed by atoms with Crippen LogP contribution in [0.4, 0.5) is 17.1 Å². The van der Waals surface area contributed by atoms with E-state index in [0.717, 1.165) is 0 Å². The normalized spacial score (nSPS) is 13.5. The highest BCUT2D eigenvalue weighted by Crippen LogP contribution is 2.35. The lowest BCUT2D eigenvalue weighted by atomic mass is 9.92. The average Bonchev–Trinajstić information content (AvgIpc) is 2.73. The van der Waals surface area contributed by atoms with Gasteiger partial charge in [-0.25, -0.2) is 0 Å².